The van der Waals surface area contributed by atoms with E-state index < -0.39 is 18.2 Å². The van der Waals surface area contributed by atoms with Gasteiger partial charge in [0.05, 0.1) is 18.4 Å². The molecule has 1 aromatic rings. The third kappa shape index (κ3) is 6.64. The molecule has 0 unspecified atom stereocenters. The molecule has 1 amide bonds. The Morgan fingerprint density at radius 3 is 2.23 bits per heavy atom. The molecule has 0 aromatic heterocycles. The Hall–Kier alpha value is -2.25. The average molecular weight is 429 g/mol. The van der Waals surface area contributed by atoms with Crippen molar-refractivity contribution in [2.45, 2.75) is 65.5 Å². The number of esters is 1. The summed E-state index contributed by atoms with van der Waals surface area (Å²) in [7, 11) is 0. The van der Waals surface area contributed by atoms with Gasteiger partial charge in [-0.3, -0.25) is 9.59 Å². The third-order valence-electron chi connectivity index (χ3n) is 5.55. The zero-order chi connectivity index (χ0) is 22.4. The molecule has 0 atom stereocenters. The van der Waals surface area contributed by atoms with Gasteiger partial charge in [0.25, 0.3) is 0 Å². The smallest absolute Gasteiger partial charge is 0.422 e. The number of halogens is 3. The van der Waals surface area contributed by atoms with Crippen LogP contribution in [0.5, 0.6) is 5.75 Å². The molecule has 1 aromatic carbocycles. The van der Waals surface area contributed by atoms with Crippen molar-refractivity contribution in [2.75, 3.05) is 19.8 Å². The lowest BCUT2D eigenvalue weighted by atomic mass is 9.74. The number of benzene rings is 1. The van der Waals surface area contributed by atoms with Gasteiger partial charge >= 0.3 is 12.1 Å². The van der Waals surface area contributed by atoms with E-state index in [1.54, 1.807) is 20.8 Å². The van der Waals surface area contributed by atoms with E-state index in [4.69, 9.17) is 9.47 Å². The Morgan fingerprint density at radius 1 is 1.10 bits per heavy atom. The standard InChI is InChI=1S/C22H30F3NO4/c1-4-29-20(28)21(8-6-5-7-9-21)13-26-19(27)12-18-15(2)10-17(11-16(18)3)30-14-22(23,24)25/h10-11H,4-9,12-14H2,1-3H3,(H,26,27). The molecular weight excluding hydrogens is 399 g/mol. The molecule has 1 aliphatic carbocycles. The fourth-order valence-corrected chi connectivity index (χ4v) is 3.94. The SMILES string of the molecule is CCOC(=O)C1(CNC(=O)Cc2c(C)cc(OCC(F)(F)F)cc2C)CCCCC1. The molecule has 0 aliphatic heterocycles. The van der Waals surface area contributed by atoms with E-state index in [2.05, 4.69) is 5.32 Å². The van der Waals surface area contributed by atoms with E-state index in [1.807, 2.05) is 0 Å². The summed E-state index contributed by atoms with van der Waals surface area (Å²) < 4.78 is 47.1. The zero-order valence-corrected chi connectivity index (χ0v) is 17.8. The number of rotatable bonds is 8. The first-order valence-corrected chi connectivity index (χ1v) is 10.3. The van der Waals surface area contributed by atoms with Crippen LogP contribution in [0, 0.1) is 19.3 Å². The minimum Gasteiger partial charge on any atom is -0.484 e. The van der Waals surface area contributed by atoms with Crippen LogP contribution in [-0.4, -0.2) is 37.8 Å². The van der Waals surface area contributed by atoms with Crippen LogP contribution in [0.3, 0.4) is 0 Å². The maximum atomic E-state index is 12.6. The summed E-state index contributed by atoms with van der Waals surface area (Å²) in [6.07, 6.45) is -0.0376. The largest absolute Gasteiger partial charge is 0.484 e. The first kappa shape index (κ1) is 24.0. The molecule has 0 bridgehead atoms. The van der Waals surface area contributed by atoms with Gasteiger partial charge in [0.15, 0.2) is 6.61 Å². The molecule has 1 N–H and O–H groups in total. The number of carbonyl (C=O) groups is 2. The summed E-state index contributed by atoms with van der Waals surface area (Å²) in [5.74, 6) is -0.377. The van der Waals surface area contributed by atoms with Crippen LogP contribution in [0.4, 0.5) is 13.2 Å². The molecule has 1 fully saturated rings. The highest BCUT2D eigenvalue weighted by Gasteiger charge is 2.41. The van der Waals surface area contributed by atoms with E-state index in [-0.39, 0.29) is 30.6 Å². The number of hydrogen-bond acceptors (Lipinski definition) is 4. The molecule has 5 nitrogen and oxygen atoms in total. The molecule has 30 heavy (non-hydrogen) atoms. The second kappa shape index (κ2) is 10.2. The zero-order valence-electron chi connectivity index (χ0n) is 17.8. The molecule has 168 valence electrons. The van der Waals surface area contributed by atoms with Crippen LogP contribution in [0.15, 0.2) is 12.1 Å². The van der Waals surface area contributed by atoms with Gasteiger partial charge in [0.1, 0.15) is 5.75 Å². The molecule has 2 rings (SSSR count). The number of aryl methyl sites for hydroxylation is 2. The van der Waals surface area contributed by atoms with Gasteiger partial charge in [0, 0.05) is 6.54 Å². The lowest BCUT2D eigenvalue weighted by Gasteiger charge is -2.34. The van der Waals surface area contributed by atoms with Gasteiger partial charge in [-0.1, -0.05) is 19.3 Å². The van der Waals surface area contributed by atoms with Gasteiger partial charge < -0.3 is 14.8 Å². The Balaban J connectivity index is 2.02. The highest BCUT2D eigenvalue weighted by Crippen LogP contribution is 2.37. The molecule has 0 saturated heterocycles. The normalized spacial score (nSPS) is 16.1. The maximum absolute atomic E-state index is 12.6. The number of amides is 1. The average Bonchev–Trinajstić information content (AvgIpc) is 2.68. The number of hydrogen-bond donors (Lipinski definition) is 1. The molecule has 0 radical (unpaired) electrons. The van der Waals surface area contributed by atoms with E-state index in [9.17, 15) is 22.8 Å². The van der Waals surface area contributed by atoms with Crippen LogP contribution < -0.4 is 10.1 Å². The Bertz CT molecular complexity index is 732. The van der Waals surface area contributed by atoms with Crippen molar-refractivity contribution in [1.29, 1.82) is 0 Å². The minimum absolute atomic E-state index is 0.0795. The predicted molar refractivity (Wildman–Crippen MR) is 106 cm³/mol. The maximum Gasteiger partial charge on any atom is 0.422 e. The van der Waals surface area contributed by atoms with Gasteiger partial charge in [-0.2, -0.15) is 13.2 Å². The Labute approximate surface area is 175 Å². The van der Waals surface area contributed by atoms with Crippen molar-refractivity contribution < 1.29 is 32.2 Å². The number of ether oxygens (including phenoxy) is 2. The highest BCUT2D eigenvalue weighted by molar-refractivity contribution is 5.82. The summed E-state index contributed by atoms with van der Waals surface area (Å²) in [6, 6.07) is 3.01. The lowest BCUT2D eigenvalue weighted by molar-refractivity contribution is -0.157. The van der Waals surface area contributed by atoms with E-state index in [0.29, 0.717) is 30.6 Å². The van der Waals surface area contributed by atoms with Gasteiger partial charge in [0.2, 0.25) is 5.91 Å². The van der Waals surface area contributed by atoms with Crippen molar-refractivity contribution in [3.8, 4) is 5.75 Å². The summed E-state index contributed by atoms with van der Waals surface area (Å²) in [5.41, 5.74) is 1.42. The Kier molecular flexibility index (Phi) is 8.15. The number of nitrogens with one attached hydrogen (secondary N) is 1. The van der Waals surface area contributed by atoms with Crippen molar-refractivity contribution in [2.24, 2.45) is 5.41 Å². The molecule has 0 spiro atoms. The lowest BCUT2D eigenvalue weighted by Crippen LogP contribution is -2.45. The van der Waals surface area contributed by atoms with Crippen molar-refractivity contribution in [3.05, 3.63) is 28.8 Å². The topological polar surface area (TPSA) is 64.6 Å². The second-order valence-corrected chi connectivity index (χ2v) is 7.95. The summed E-state index contributed by atoms with van der Waals surface area (Å²) in [4.78, 5) is 25.1. The molecule has 1 aliphatic rings. The molecule has 0 heterocycles. The summed E-state index contributed by atoms with van der Waals surface area (Å²) in [5, 5.41) is 2.88. The van der Waals surface area contributed by atoms with Crippen LogP contribution in [0.25, 0.3) is 0 Å². The van der Waals surface area contributed by atoms with Crippen molar-refractivity contribution in [1.82, 2.24) is 5.32 Å². The first-order valence-electron chi connectivity index (χ1n) is 10.3. The van der Waals surface area contributed by atoms with E-state index >= 15 is 0 Å². The highest BCUT2D eigenvalue weighted by atomic mass is 19.4. The first-order chi connectivity index (χ1) is 14.1. The van der Waals surface area contributed by atoms with Gasteiger partial charge in [-0.05, 0) is 62.4 Å². The van der Waals surface area contributed by atoms with Gasteiger partial charge in [-0.15, -0.1) is 0 Å². The predicted octanol–water partition coefficient (Wildman–Crippen LogP) is 4.42. The number of carbonyl (C=O) groups excluding carboxylic acids is 2. The number of alkyl halides is 3. The van der Waals surface area contributed by atoms with Crippen LogP contribution in [0.1, 0.15) is 55.7 Å². The van der Waals surface area contributed by atoms with Crippen molar-refractivity contribution >= 4 is 11.9 Å². The molecular formula is C22H30F3NO4. The van der Waals surface area contributed by atoms with E-state index in [0.717, 1.165) is 24.8 Å². The van der Waals surface area contributed by atoms with Crippen LogP contribution in [0.2, 0.25) is 0 Å². The quantitative estimate of drug-likeness (QED) is 0.622. The molecule has 1 saturated carbocycles. The van der Waals surface area contributed by atoms with E-state index in [1.165, 1.54) is 12.1 Å². The fraction of sp³-hybridized carbons (Fsp3) is 0.636. The fourth-order valence-electron chi connectivity index (χ4n) is 3.94. The second-order valence-electron chi connectivity index (χ2n) is 7.95. The Morgan fingerprint density at radius 2 is 1.70 bits per heavy atom. The summed E-state index contributed by atoms with van der Waals surface area (Å²) >= 11 is 0. The van der Waals surface area contributed by atoms with Crippen molar-refractivity contribution in [3.63, 3.8) is 0 Å². The van der Waals surface area contributed by atoms with Crippen LogP contribution >= 0.6 is 0 Å². The van der Waals surface area contributed by atoms with Gasteiger partial charge in [-0.25, -0.2) is 0 Å². The van der Waals surface area contributed by atoms with Crippen LogP contribution in [-0.2, 0) is 20.7 Å². The minimum atomic E-state index is -4.41. The third-order valence-corrected chi connectivity index (χ3v) is 5.55. The molecule has 8 heteroatoms. The monoisotopic (exact) mass is 429 g/mol. The summed E-state index contributed by atoms with van der Waals surface area (Å²) in [6.45, 7) is 4.40.